The fourth-order valence-electron chi connectivity index (χ4n) is 1.43. The van der Waals surface area contributed by atoms with E-state index in [2.05, 4.69) is 15.9 Å². The normalized spacial score (nSPS) is 10.2. The second kappa shape index (κ2) is 4.75. The first-order valence-corrected chi connectivity index (χ1v) is 5.27. The van der Waals surface area contributed by atoms with Crippen molar-refractivity contribution in [3.8, 4) is 5.75 Å². The number of halogens is 2. The van der Waals surface area contributed by atoms with Gasteiger partial charge in [-0.15, -0.1) is 0 Å². The van der Waals surface area contributed by atoms with Crippen molar-refractivity contribution in [2.75, 3.05) is 7.11 Å². The number of carbonyl (C=O) groups excluding carboxylic acids is 1. The Hall–Kier alpha value is -0.900. The van der Waals surface area contributed by atoms with Crippen LogP contribution in [0, 0.1) is 12.7 Å². The van der Waals surface area contributed by atoms with Gasteiger partial charge in [-0.1, -0.05) is 0 Å². The predicted octanol–water partition coefficient (Wildman–Crippen LogP) is 3.04. The van der Waals surface area contributed by atoms with Crippen molar-refractivity contribution in [1.82, 2.24) is 0 Å². The lowest BCUT2D eigenvalue weighted by Crippen LogP contribution is -2.04. The molecule has 0 bridgehead atoms. The summed E-state index contributed by atoms with van der Waals surface area (Å²) in [6.45, 7) is 3.11. The average Bonchev–Trinajstić information content (AvgIpc) is 2.13. The van der Waals surface area contributed by atoms with Gasteiger partial charge in [0.2, 0.25) is 0 Å². The van der Waals surface area contributed by atoms with Gasteiger partial charge in [-0.25, -0.2) is 4.39 Å². The average molecular weight is 275 g/mol. The Morgan fingerprint density at radius 1 is 1.60 bits per heavy atom. The van der Waals surface area contributed by atoms with E-state index < -0.39 is 0 Å². The molecule has 0 radical (unpaired) electrons. The summed E-state index contributed by atoms with van der Waals surface area (Å²) in [6, 6.07) is 1.35. The van der Waals surface area contributed by atoms with E-state index in [-0.39, 0.29) is 18.0 Å². The van der Waals surface area contributed by atoms with Crippen LogP contribution in [0.5, 0.6) is 5.75 Å². The van der Waals surface area contributed by atoms with Crippen molar-refractivity contribution < 1.29 is 13.9 Å². The molecule has 0 aliphatic rings. The second-order valence-electron chi connectivity index (χ2n) is 3.36. The predicted molar refractivity (Wildman–Crippen MR) is 59.8 cm³/mol. The summed E-state index contributed by atoms with van der Waals surface area (Å²) in [5.41, 5.74) is 1.07. The largest absolute Gasteiger partial charge is 0.495 e. The number of hydrogen-bond acceptors (Lipinski definition) is 2. The number of ketones is 1. The molecule has 0 atom stereocenters. The molecule has 0 aliphatic heterocycles. The molecule has 1 aromatic rings. The highest BCUT2D eigenvalue weighted by molar-refractivity contribution is 9.10. The van der Waals surface area contributed by atoms with Crippen LogP contribution >= 0.6 is 15.9 Å². The molecule has 0 saturated carbocycles. The number of Topliss-reactive ketones (excluding diaryl/α,β-unsaturated/α-hetero) is 1. The van der Waals surface area contributed by atoms with Crippen LogP contribution in [-0.2, 0) is 11.2 Å². The Morgan fingerprint density at radius 2 is 2.20 bits per heavy atom. The topological polar surface area (TPSA) is 26.3 Å². The first kappa shape index (κ1) is 12.2. The summed E-state index contributed by atoms with van der Waals surface area (Å²) < 4.78 is 19.1. The van der Waals surface area contributed by atoms with Gasteiger partial charge in [-0.2, -0.15) is 0 Å². The maximum absolute atomic E-state index is 13.4. The molecule has 0 aromatic heterocycles. The Labute approximate surface area is 96.6 Å². The molecule has 2 nitrogen and oxygen atoms in total. The lowest BCUT2D eigenvalue weighted by Gasteiger charge is -2.13. The summed E-state index contributed by atoms with van der Waals surface area (Å²) in [5, 5.41) is 0. The highest BCUT2D eigenvalue weighted by atomic mass is 79.9. The maximum atomic E-state index is 13.4. The van der Waals surface area contributed by atoms with Crippen LogP contribution in [-0.4, -0.2) is 12.9 Å². The third-order valence-electron chi connectivity index (χ3n) is 2.19. The molecule has 1 aromatic carbocycles. The van der Waals surface area contributed by atoms with E-state index in [4.69, 9.17) is 4.74 Å². The van der Waals surface area contributed by atoms with E-state index in [0.717, 1.165) is 0 Å². The minimum Gasteiger partial charge on any atom is -0.495 e. The van der Waals surface area contributed by atoms with Crippen LogP contribution in [0.2, 0.25) is 0 Å². The van der Waals surface area contributed by atoms with Gasteiger partial charge in [0.1, 0.15) is 17.3 Å². The molecule has 4 heteroatoms. The number of rotatable bonds is 3. The molecule has 82 valence electrons. The van der Waals surface area contributed by atoms with Crippen molar-refractivity contribution in [3.05, 3.63) is 27.5 Å². The zero-order valence-corrected chi connectivity index (χ0v) is 10.4. The number of methoxy groups -OCH3 is 1. The summed E-state index contributed by atoms with van der Waals surface area (Å²) >= 11 is 3.21. The van der Waals surface area contributed by atoms with Crippen molar-refractivity contribution >= 4 is 21.7 Å². The number of hydrogen-bond donors (Lipinski definition) is 0. The summed E-state index contributed by atoms with van der Waals surface area (Å²) in [5.74, 6) is 0.178. The Morgan fingerprint density at radius 3 is 2.67 bits per heavy atom. The highest BCUT2D eigenvalue weighted by Gasteiger charge is 2.16. The zero-order chi connectivity index (χ0) is 11.6. The van der Waals surface area contributed by atoms with Crippen LogP contribution in [0.1, 0.15) is 18.1 Å². The van der Waals surface area contributed by atoms with Gasteiger partial charge >= 0.3 is 0 Å². The zero-order valence-electron chi connectivity index (χ0n) is 8.86. The van der Waals surface area contributed by atoms with E-state index in [0.29, 0.717) is 21.3 Å². The van der Waals surface area contributed by atoms with Gasteiger partial charge in [0.05, 0.1) is 11.6 Å². The molecule has 0 aliphatic carbocycles. The molecule has 0 unspecified atom stereocenters. The molecular weight excluding hydrogens is 263 g/mol. The summed E-state index contributed by atoms with van der Waals surface area (Å²) in [4.78, 5) is 11.1. The van der Waals surface area contributed by atoms with Crippen molar-refractivity contribution in [1.29, 1.82) is 0 Å². The monoisotopic (exact) mass is 274 g/mol. The minimum atomic E-state index is -0.334. The first-order chi connectivity index (χ1) is 6.97. The van der Waals surface area contributed by atoms with Gasteiger partial charge in [-0.3, -0.25) is 4.79 Å². The fourth-order valence-corrected chi connectivity index (χ4v) is 2.03. The van der Waals surface area contributed by atoms with Crippen LogP contribution in [0.4, 0.5) is 4.39 Å². The van der Waals surface area contributed by atoms with E-state index >= 15 is 0 Å². The fraction of sp³-hybridized carbons (Fsp3) is 0.364. The van der Waals surface area contributed by atoms with Gasteiger partial charge in [0, 0.05) is 12.0 Å². The van der Waals surface area contributed by atoms with Crippen LogP contribution in [0.25, 0.3) is 0 Å². The van der Waals surface area contributed by atoms with Crippen LogP contribution < -0.4 is 4.74 Å². The molecule has 0 heterocycles. The van der Waals surface area contributed by atoms with E-state index in [9.17, 15) is 9.18 Å². The van der Waals surface area contributed by atoms with E-state index in [1.807, 2.05) is 0 Å². The summed E-state index contributed by atoms with van der Waals surface area (Å²) in [7, 11) is 1.50. The Kier molecular flexibility index (Phi) is 3.85. The summed E-state index contributed by atoms with van der Waals surface area (Å²) in [6.07, 6.45) is 0.186. The molecular formula is C11H12BrFO2. The number of carbonyl (C=O) groups is 1. The van der Waals surface area contributed by atoms with Crippen molar-refractivity contribution in [3.63, 3.8) is 0 Å². The minimum absolute atomic E-state index is 0.0195. The smallest absolute Gasteiger partial charge is 0.137 e. The van der Waals surface area contributed by atoms with Gasteiger partial charge in [-0.05, 0) is 41.4 Å². The van der Waals surface area contributed by atoms with Crippen LogP contribution in [0.3, 0.4) is 0 Å². The first-order valence-electron chi connectivity index (χ1n) is 4.48. The van der Waals surface area contributed by atoms with Gasteiger partial charge in [0.15, 0.2) is 0 Å². The standard InChI is InChI=1S/C11H12BrFO2/c1-6(14)4-8-7(2)10(13)5-9(12)11(8)15-3/h5H,4H2,1-3H3. The molecule has 15 heavy (non-hydrogen) atoms. The molecule has 1 rings (SSSR count). The third kappa shape index (κ3) is 2.56. The Bertz CT molecular complexity index is 402. The quantitative estimate of drug-likeness (QED) is 0.847. The van der Waals surface area contributed by atoms with Gasteiger partial charge in [0.25, 0.3) is 0 Å². The van der Waals surface area contributed by atoms with Crippen molar-refractivity contribution in [2.45, 2.75) is 20.3 Å². The third-order valence-corrected chi connectivity index (χ3v) is 2.77. The SMILES string of the molecule is COc1c(Br)cc(F)c(C)c1CC(C)=O. The van der Waals surface area contributed by atoms with Crippen LogP contribution in [0.15, 0.2) is 10.5 Å². The van der Waals surface area contributed by atoms with Crippen molar-refractivity contribution in [2.24, 2.45) is 0 Å². The lowest BCUT2D eigenvalue weighted by molar-refractivity contribution is -0.116. The second-order valence-corrected chi connectivity index (χ2v) is 4.21. The van der Waals surface area contributed by atoms with E-state index in [1.165, 1.54) is 20.1 Å². The van der Waals surface area contributed by atoms with E-state index in [1.54, 1.807) is 6.92 Å². The maximum Gasteiger partial charge on any atom is 0.137 e. The molecule has 0 fully saturated rings. The lowest BCUT2D eigenvalue weighted by atomic mass is 10.0. The number of ether oxygens (including phenoxy) is 1. The number of benzene rings is 1. The molecule has 0 spiro atoms. The molecule has 0 amide bonds. The molecule has 0 saturated heterocycles. The Balaban J connectivity index is 3.36. The van der Waals surface area contributed by atoms with Gasteiger partial charge < -0.3 is 4.74 Å². The highest BCUT2D eigenvalue weighted by Crippen LogP contribution is 2.33. The molecule has 0 N–H and O–H groups in total.